The van der Waals surface area contributed by atoms with Crippen molar-refractivity contribution in [2.75, 3.05) is 17.7 Å². The Morgan fingerprint density at radius 1 is 0.897 bits per heavy atom. The van der Waals surface area contributed by atoms with Crippen LogP contribution in [0.15, 0.2) is 54.7 Å². The van der Waals surface area contributed by atoms with E-state index in [1.165, 1.54) is 19.4 Å². The molecule has 1 aromatic heterocycles. The molecule has 148 valence electrons. The van der Waals surface area contributed by atoms with Gasteiger partial charge in [-0.15, -0.1) is 0 Å². The van der Waals surface area contributed by atoms with Crippen molar-refractivity contribution in [1.29, 1.82) is 0 Å². The van der Waals surface area contributed by atoms with E-state index in [4.69, 9.17) is 4.74 Å². The van der Waals surface area contributed by atoms with E-state index in [0.717, 1.165) is 22.4 Å². The highest BCUT2D eigenvalue weighted by molar-refractivity contribution is 6.08. The Kier molecular flexibility index (Phi) is 5.93. The van der Waals surface area contributed by atoms with E-state index < -0.39 is 5.91 Å². The van der Waals surface area contributed by atoms with Gasteiger partial charge in [0.25, 0.3) is 11.8 Å². The molecule has 0 aliphatic rings. The number of methoxy groups -OCH3 is 1. The summed E-state index contributed by atoms with van der Waals surface area (Å²) in [5, 5.41) is 5.68. The van der Waals surface area contributed by atoms with Gasteiger partial charge in [-0.25, -0.2) is 0 Å². The molecule has 1 heterocycles. The van der Waals surface area contributed by atoms with Crippen LogP contribution >= 0.6 is 0 Å². The fraction of sp³-hybridized carbons (Fsp3) is 0.174. The zero-order chi connectivity index (χ0) is 21.0. The van der Waals surface area contributed by atoms with Gasteiger partial charge in [-0.05, 0) is 67.8 Å². The first-order valence-electron chi connectivity index (χ1n) is 9.18. The van der Waals surface area contributed by atoms with Gasteiger partial charge in [0.15, 0.2) is 0 Å². The summed E-state index contributed by atoms with van der Waals surface area (Å²) in [4.78, 5) is 29.4. The lowest BCUT2D eigenvalue weighted by molar-refractivity contribution is 0.102. The molecule has 29 heavy (non-hydrogen) atoms. The molecule has 3 rings (SSSR count). The molecule has 3 aromatic rings. The van der Waals surface area contributed by atoms with Crippen LogP contribution in [0.25, 0.3) is 0 Å². The molecule has 2 amide bonds. The van der Waals surface area contributed by atoms with E-state index in [9.17, 15) is 9.59 Å². The van der Waals surface area contributed by atoms with Gasteiger partial charge >= 0.3 is 0 Å². The number of pyridine rings is 1. The molecule has 6 nitrogen and oxygen atoms in total. The molecule has 2 aromatic carbocycles. The maximum atomic E-state index is 12.7. The largest absolute Gasteiger partial charge is 0.495 e. The number of amides is 2. The Bertz CT molecular complexity index is 1080. The van der Waals surface area contributed by atoms with E-state index in [2.05, 4.69) is 15.6 Å². The zero-order valence-corrected chi connectivity index (χ0v) is 16.9. The van der Waals surface area contributed by atoms with Crippen LogP contribution in [-0.2, 0) is 0 Å². The second-order valence-corrected chi connectivity index (χ2v) is 6.79. The van der Waals surface area contributed by atoms with E-state index in [0.29, 0.717) is 17.0 Å². The van der Waals surface area contributed by atoms with Crippen molar-refractivity contribution < 1.29 is 14.3 Å². The summed E-state index contributed by atoms with van der Waals surface area (Å²) in [5.74, 6) is -0.175. The molecule has 0 aliphatic carbocycles. The number of rotatable bonds is 5. The van der Waals surface area contributed by atoms with Crippen LogP contribution in [0.4, 0.5) is 11.4 Å². The zero-order valence-electron chi connectivity index (χ0n) is 16.9. The van der Waals surface area contributed by atoms with Crippen molar-refractivity contribution in [3.05, 3.63) is 82.7 Å². The van der Waals surface area contributed by atoms with E-state index in [-0.39, 0.29) is 11.6 Å². The van der Waals surface area contributed by atoms with E-state index in [1.54, 1.807) is 12.1 Å². The molecule has 2 N–H and O–H groups in total. The highest BCUT2D eigenvalue weighted by Gasteiger charge is 2.15. The highest BCUT2D eigenvalue weighted by atomic mass is 16.5. The highest BCUT2D eigenvalue weighted by Crippen LogP contribution is 2.25. The van der Waals surface area contributed by atoms with Crippen LogP contribution < -0.4 is 15.4 Å². The molecule has 0 unspecified atom stereocenters. The van der Waals surface area contributed by atoms with Crippen LogP contribution in [-0.4, -0.2) is 23.9 Å². The van der Waals surface area contributed by atoms with Gasteiger partial charge in [0.05, 0.1) is 12.8 Å². The number of anilines is 2. The SMILES string of the molecule is COc1ccc(C)cc1NC(=O)c1cc(C(=O)Nc2cccc(C)c2C)ccn1. The lowest BCUT2D eigenvalue weighted by Gasteiger charge is -2.12. The summed E-state index contributed by atoms with van der Waals surface area (Å²) in [6.45, 7) is 5.86. The van der Waals surface area contributed by atoms with Crippen molar-refractivity contribution in [2.45, 2.75) is 20.8 Å². The fourth-order valence-electron chi connectivity index (χ4n) is 2.88. The number of aryl methyl sites for hydroxylation is 2. The number of carbonyl (C=O) groups excluding carboxylic acids is 2. The first-order chi connectivity index (χ1) is 13.9. The van der Waals surface area contributed by atoms with Crippen LogP contribution in [0.1, 0.15) is 37.5 Å². The van der Waals surface area contributed by atoms with Gasteiger partial charge in [-0.3, -0.25) is 14.6 Å². The molecule has 6 heteroatoms. The van der Waals surface area contributed by atoms with Crippen molar-refractivity contribution in [3.63, 3.8) is 0 Å². The average Bonchev–Trinajstić information content (AvgIpc) is 2.71. The number of nitrogens with zero attached hydrogens (tertiary/aromatic N) is 1. The quantitative estimate of drug-likeness (QED) is 0.672. The van der Waals surface area contributed by atoms with Gasteiger partial charge in [0.2, 0.25) is 0 Å². The van der Waals surface area contributed by atoms with Crippen LogP contribution in [0, 0.1) is 20.8 Å². The summed E-state index contributed by atoms with van der Waals surface area (Å²) < 4.78 is 5.29. The summed E-state index contributed by atoms with van der Waals surface area (Å²) in [6.07, 6.45) is 1.44. The number of nitrogens with one attached hydrogen (secondary N) is 2. The summed E-state index contributed by atoms with van der Waals surface area (Å²) in [7, 11) is 1.54. The first kappa shape index (κ1) is 20.1. The summed E-state index contributed by atoms with van der Waals surface area (Å²) in [5.41, 5.74) is 4.84. The number of hydrogen-bond acceptors (Lipinski definition) is 4. The lowest BCUT2D eigenvalue weighted by atomic mass is 10.1. The molecule has 0 bridgehead atoms. The standard InChI is InChI=1S/C23H23N3O3/c1-14-8-9-21(29-4)19(12-14)26-23(28)20-13-17(10-11-24-20)22(27)25-18-7-5-6-15(2)16(18)3/h5-13H,1-4H3,(H,25,27)(H,26,28). The van der Waals surface area contributed by atoms with E-state index >= 15 is 0 Å². The molecule has 0 saturated heterocycles. The average molecular weight is 389 g/mol. The summed E-state index contributed by atoms with van der Waals surface area (Å²) in [6, 6.07) is 14.3. The van der Waals surface area contributed by atoms with Gasteiger partial charge in [0.1, 0.15) is 11.4 Å². The third kappa shape index (κ3) is 4.60. The molecule has 0 radical (unpaired) electrons. The Morgan fingerprint density at radius 3 is 2.41 bits per heavy atom. The van der Waals surface area contributed by atoms with Crippen LogP contribution in [0.2, 0.25) is 0 Å². The van der Waals surface area contributed by atoms with Gasteiger partial charge in [-0.1, -0.05) is 18.2 Å². The normalized spacial score (nSPS) is 10.3. The van der Waals surface area contributed by atoms with Gasteiger partial charge in [-0.2, -0.15) is 0 Å². The molecule has 0 spiro atoms. The van der Waals surface area contributed by atoms with Crippen molar-refractivity contribution in [2.24, 2.45) is 0 Å². The number of aromatic nitrogens is 1. The van der Waals surface area contributed by atoms with Crippen LogP contribution in [0.5, 0.6) is 5.75 Å². The fourth-order valence-corrected chi connectivity index (χ4v) is 2.88. The predicted molar refractivity (Wildman–Crippen MR) is 114 cm³/mol. The molecular weight excluding hydrogens is 366 g/mol. The summed E-state index contributed by atoms with van der Waals surface area (Å²) >= 11 is 0. The van der Waals surface area contributed by atoms with Crippen LogP contribution in [0.3, 0.4) is 0 Å². The maximum Gasteiger partial charge on any atom is 0.274 e. The third-order valence-corrected chi connectivity index (χ3v) is 4.71. The Balaban J connectivity index is 1.80. The Labute approximate surface area is 169 Å². The Hall–Kier alpha value is -3.67. The lowest BCUT2D eigenvalue weighted by Crippen LogP contribution is -2.17. The first-order valence-corrected chi connectivity index (χ1v) is 9.18. The predicted octanol–water partition coefficient (Wildman–Crippen LogP) is 4.52. The second-order valence-electron chi connectivity index (χ2n) is 6.79. The van der Waals surface area contributed by atoms with Crippen molar-refractivity contribution in [3.8, 4) is 5.75 Å². The smallest absolute Gasteiger partial charge is 0.274 e. The molecule has 0 fully saturated rings. The number of hydrogen-bond donors (Lipinski definition) is 2. The maximum absolute atomic E-state index is 12.7. The third-order valence-electron chi connectivity index (χ3n) is 4.71. The number of carbonyl (C=O) groups is 2. The molecule has 0 saturated carbocycles. The monoisotopic (exact) mass is 389 g/mol. The number of benzene rings is 2. The minimum absolute atomic E-state index is 0.141. The second kappa shape index (κ2) is 8.56. The molecular formula is C23H23N3O3. The minimum atomic E-state index is -0.421. The Morgan fingerprint density at radius 2 is 1.66 bits per heavy atom. The molecule has 0 aliphatic heterocycles. The minimum Gasteiger partial charge on any atom is -0.495 e. The van der Waals surface area contributed by atoms with Crippen molar-refractivity contribution in [1.82, 2.24) is 4.98 Å². The van der Waals surface area contributed by atoms with Gasteiger partial charge in [0, 0.05) is 17.4 Å². The van der Waals surface area contributed by atoms with Gasteiger partial charge < -0.3 is 15.4 Å². The van der Waals surface area contributed by atoms with Crippen molar-refractivity contribution >= 4 is 23.2 Å². The van der Waals surface area contributed by atoms with E-state index in [1.807, 2.05) is 51.1 Å². The topological polar surface area (TPSA) is 80.3 Å². The molecule has 0 atom stereocenters. The number of ether oxygens (including phenoxy) is 1.